The zero-order valence-electron chi connectivity index (χ0n) is 22.5. The molecule has 1 heterocycles. The molecule has 0 radical (unpaired) electrons. The molecule has 1 aliphatic carbocycles. The Morgan fingerprint density at radius 1 is 1.10 bits per heavy atom. The number of ether oxygens (including phenoxy) is 1. The number of amides is 2. The minimum Gasteiger partial charge on any atom is -0.464 e. The van der Waals surface area contributed by atoms with Crippen molar-refractivity contribution in [3.63, 3.8) is 0 Å². The van der Waals surface area contributed by atoms with Crippen molar-refractivity contribution in [2.45, 2.75) is 52.0 Å². The Morgan fingerprint density at radius 2 is 1.85 bits per heavy atom. The van der Waals surface area contributed by atoms with Gasteiger partial charge in [-0.15, -0.1) is 0 Å². The first kappa shape index (κ1) is 27.7. The second-order valence-electron chi connectivity index (χ2n) is 10.2. The summed E-state index contributed by atoms with van der Waals surface area (Å²) in [6.45, 7) is 5.14. The molecule has 3 aromatic rings. The SMILES string of the molecule is COC(=O)c1cccn1-c1ccc(N(CC(C)C)C2CCCCC2)c(NC(=O)Nc2ccc(C#N)cc2F)c1. The Bertz CT molecular complexity index is 1370. The number of hydrogen-bond donors (Lipinski definition) is 2. The van der Waals surface area contributed by atoms with Gasteiger partial charge in [-0.25, -0.2) is 14.0 Å². The lowest BCUT2D eigenvalue weighted by atomic mass is 9.93. The van der Waals surface area contributed by atoms with Crippen LogP contribution in [0.4, 0.5) is 26.2 Å². The molecule has 0 spiro atoms. The minimum absolute atomic E-state index is 0.0334. The Balaban J connectivity index is 1.73. The zero-order chi connectivity index (χ0) is 27.9. The Morgan fingerprint density at radius 3 is 2.51 bits per heavy atom. The number of nitrogens with zero attached hydrogens (tertiary/aromatic N) is 3. The van der Waals surface area contributed by atoms with E-state index >= 15 is 0 Å². The number of benzene rings is 2. The number of esters is 1. The van der Waals surface area contributed by atoms with Gasteiger partial charge < -0.3 is 24.8 Å². The van der Waals surface area contributed by atoms with Crippen molar-refractivity contribution in [1.29, 1.82) is 5.26 Å². The summed E-state index contributed by atoms with van der Waals surface area (Å²) in [6.07, 6.45) is 7.43. The van der Waals surface area contributed by atoms with E-state index in [-0.39, 0.29) is 11.3 Å². The zero-order valence-corrected chi connectivity index (χ0v) is 22.5. The van der Waals surface area contributed by atoms with E-state index in [1.54, 1.807) is 22.9 Å². The minimum atomic E-state index is -0.697. The van der Waals surface area contributed by atoms with Gasteiger partial charge in [0.2, 0.25) is 0 Å². The van der Waals surface area contributed by atoms with Gasteiger partial charge in [-0.2, -0.15) is 5.26 Å². The smallest absolute Gasteiger partial charge is 0.355 e. The molecule has 4 rings (SSSR count). The molecule has 9 heteroatoms. The van der Waals surface area contributed by atoms with Gasteiger partial charge in [0.1, 0.15) is 11.5 Å². The van der Waals surface area contributed by atoms with Crippen LogP contribution in [0.1, 0.15) is 62.0 Å². The normalized spacial score (nSPS) is 13.5. The predicted octanol–water partition coefficient (Wildman–Crippen LogP) is 6.71. The maximum atomic E-state index is 14.5. The third kappa shape index (κ3) is 6.58. The maximum Gasteiger partial charge on any atom is 0.355 e. The number of nitrogens with one attached hydrogen (secondary N) is 2. The monoisotopic (exact) mass is 531 g/mol. The first-order valence-electron chi connectivity index (χ1n) is 13.2. The van der Waals surface area contributed by atoms with Crippen LogP contribution in [-0.2, 0) is 4.74 Å². The van der Waals surface area contributed by atoms with Crippen LogP contribution in [0.25, 0.3) is 5.69 Å². The first-order chi connectivity index (χ1) is 18.8. The van der Waals surface area contributed by atoms with Crippen LogP contribution in [-0.4, -0.2) is 36.3 Å². The third-order valence-corrected chi connectivity index (χ3v) is 6.88. The summed E-state index contributed by atoms with van der Waals surface area (Å²) >= 11 is 0. The number of carbonyl (C=O) groups is 2. The summed E-state index contributed by atoms with van der Waals surface area (Å²) in [6, 6.07) is 14.6. The summed E-state index contributed by atoms with van der Waals surface area (Å²) in [5, 5.41) is 14.5. The van der Waals surface area contributed by atoms with E-state index in [1.807, 2.05) is 24.3 Å². The summed E-state index contributed by atoms with van der Waals surface area (Å²) in [4.78, 5) is 27.8. The molecule has 0 saturated heterocycles. The fraction of sp³-hybridized carbons (Fsp3) is 0.367. The summed E-state index contributed by atoms with van der Waals surface area (Å²) in [7, 11) is 1.33. The lowest BCUT2D eigenvalue weighted by Gasteiger charge is -2.38. The van der Waals surface area contributed by atoms with Crippen molar-refractivity contribution < 1.29 is 18.7 Å². The number of halogens is 1. The van der Waals surface area contributed by atoms with Crippen LogP contribution in [0, 0.1) is 23.1 Å². The molecule has 204 valence electrons. The van der Waals surface area contributed by atoms with E-state index < -0.39 is 17.8 Å². The van der Waals surface area contributed by atoms with Crippen molar-refractivity contribution in [2.24, 2.45) is 5.92 Å². The second kappa shape index (κ2) is 12.5. The topological polar surface area (TPSA) is 99.4 Å². The fourth-order valence-electron chi connectivity index (χ4n) is 5.09. The number of methoxy groups -OCH3 is 1. The molecule has 2 N–H and O–H groups in total. The fourth-order valence-corrected chi connectivity index (χ4v) is 5.09. The van der Waals surface area contributed by atoms with Crippen molar-refractivity contribution >= 4 is 29.1 Å². The van der Waals surface area contributed by atoms with Crippen LogP contribution in [0.15, 0.2) is 54.7 Å². The highest BCUT2D eigenvalue weighted by Gasteiger charge is 2.25. The Hall–Kier alpha value is -4.32. The number of rotatable bonds is 8. The highest BCUT2D eigenvalue weighted by atomic mass is 19.1. The van der Waals surface area contributed by atoms with Crippen molar-refractivity contribution in [1.82, 2.24) is 4.57 Å². The standard InChI is InChI=1S/C30H34FN5O3/c1-20(2)19-36(22-8-5-4-6-9-22)27-14-12-23(35-15-7-10-28(35)29(37)39-3)17-26(27)34-30(38)33-25-13-11-21(18-32)16-24(25)31/h7,10-17,20,22H,4-6,8-9,19H2,1-3H3,(H2,33,34,38). The van der Waals surface area contributed by atoms with Gasteiger partial charge in [-0.3, -0.25) is 0 Å². The molecular weight excluding hydrogens is 497 g/mol. The summed E-state index contributed by atoms with van der Waals surface area (Å²) < 4.78 is 21.1. The molecule has 1 fully saturated rings. The van der Waals surface area contributed by atoms with Crippen LogP contribution < -0.4 is 15.5 Å². The molecule has 0 bridgehead atoms. The van der Waals surface area contributed by atoms with Gasteiger partial charge in [0.25, 0.3) is 0 Å². The number of carbonyl (C=O) groups excluding carboxylic acids is 2. The van der Waals surface area contributed by atoms with Crippen molar-refractivity contribution in [2.75, 3.05) is 29.2 Å². The average molecular weight is 532 g/mol. The van der Waals surface area contributed by atoms with Gasteiger partial charge >= 0.3 is 12.0 Å². The van der Waals surface area contributed by atoms with Crippen LogP contribution in [0.3, 0.4) is 0 Å². The van der Waals surface area contributed by atoms with Gasteiger partial charge in [0.05, 0.1) is 35.8 Å². The van der Waals surface area contributed by atoms with E-state index in [9.17, 15) is 14.0 Å². The molecule has 0 unspecified atom stereocenters. The number of aromatic nitrogens is 1. The van der Waals surface area contributed by atoms with E-state index in [1.165, 1.54) is 25.7 Å². The molecule has 2 amide bonds. The van der Waals surface area contributed by atoms with Crippen LogP contribution in [0.5, 0.6) is 0 Å². The molecule has 0 atom stereocenters. The first-order valence-corrected chi connectivity index (χ1v) is 13.2. The number of anilines is 3. The predicted molar refractivity (Wildman–Crippen MR) is 150 cm³/mol. The highest BCUT2D eigenvalue weighted by Crippen LogP contribution is 2.35. The van der Waals surface area contributed by atoms with E-state index in [0.29, 0.717) is 29.0 Å². The highest BCUT2D eigenvalue weighted by molar-refractivity contribution is 6.02. The third-order valence-electron chi connectivity index (χ3n) is 6.88. The van der Waals surface area contributed by atoms with Gasteiger partial charge in [0.15, 0.2) is 0 Å². The van der Waals surface area contributed by atoms with Gasteiger partial charge in [-0.05, 0) is 67.3 Å². The summed E-state index contributed by atoms with van der Waals surface area (Å²) in [5.74, 6) is -0.787. The molecule has 2 aromatic carbocycles. The van der Waals surface area contributed by atoms with E-state index in [2.05, 4.69) is 29.4 Å². The van der Waals surface area contributed by atoms with Crippen LogP contribution in [0.2, 0.25) is 0 Å². The molecular formula is C30H34FN5O3. The van der Waals surface area contributed by atoms with Gasteiger partial charge in [-0.1, -0.05) is 33.1 Å². The average Bonchev–Trinajstić information content (AvgIpc) is 3.43. The molecule has 1 aliphatic rings. The van der Waals surface area contributed by atoms with E-state index in [4.69, 9.17) is 10.00 Å². The van der Waals surface area contributed by atoms with Crippen molar-refractivity contribution in [3.8, 4) is 11.8 Å². The lowest BCUT2D eigenvalue weighted by molar-refractivity contribution is 0.0591. The van der Waals surface area contributed by atoms with Gasteiger partial charge in [0, 0.05) is 24.5 Å². The molecule has 8 nitrogen and oxygen atoms in total. The number of nitriles is 1. The number of urea groups is 1. The molecule has 39 heavy (non-hydrogen) atoms. The maximum absolute atomic E-state index is 14.5. The molecule has 0 aliphatic heterocycles. The lowest BCUT2D eigenvalue weighted by Crippen LogP contribution is -2.40. The largest absolute Gasteiger partial charge is 0.464 e. The van der Waals surface area contributed by atoms with E-state index in [0.717, 1.165) is 44.0 Å². The Kier molecular flexibility index (Phi) is 8.87. The molecule has 1 aromatic heterocycles. The Labute approximate surface area is 228 Å². The quantitative estimate of drug-likeness (QED) is 0.315. The number of hydrogen-bond acceptors (Lipinski definition) is 5. The summed E-state index contributed by atoms with van der Waals surface area (Å²) in [5.41, 5.74) is 2.55. The van der Waals surface area contributed by atoms with Crippen molar-refractivity contribution in [3.05, 3.63) is 71.8 Å². The second-order valence-corrected chi connectivity index (χ2v) is 10.2. The van der Waals surface area contributed by atoms with Crippen LogP contribution >= 0.6 is 0 Å². The molecule has 1 saturated carbocycles.